The van der Waals surface area contributed by atoms with Crippen LogP contribution in [0.4, 0.5) is 0 Å². The molecule has 1 aliphatic heterocycles. The number of hydrogen-bond donors (Lipinski definition) is 0. The van der Waals surface area contributed by atoms with Crippen molar-refractivity contribution in [2.75, 3.05) is 0 Å². The first-order chi connectivity index (χ1) is 6.16. The number of carbonyl (C=O) groups is 1. The van der Waals surface area contributed by atoms with E-state index in [1.54, 1.807) is 0 Å². The second kappa shape index (κ2) is 4.61. The summed E-state index contributed by atoms with van der Waals surface area (Å²) in [5, 5.41) is 0. The average molecular weight is 245 g/mol. The van der Waals surface area contributed by atoms with Gasteiger partial charge in [-0.15, -0.1) is 0 Å². The fourth-order valence-corrected chi connectivity index (χ4v) is 1.39. The van der Waals surface area contributed by atoms with Gasteiger partial charge in [0.15, 0.2) is 0 Å². The van der Waals surface area contributed by atoms with Gasteiger partial charge >= 0.3 is 5.97 Å². The van der Waals surface area contributed by atoms with Gasteiger partial charge in [0.1, 0.15) is 10.2 Å². The molecule has 0 aromatic rings. The minimum Gasteiger partial charge on any atom is -0.423 e. The van der Waals surface area contributed by atoms with E-state index in [4.69, 9.17) is 4.74 Å². The van der Waals surface area contributed by atoms with Crippen LogP contribution in [0.5, 0.6) is 0 Å². The minimum absolute atomic E-state index is 0.278. The highest BCUT2D eigenvalue weighted by Crippen LogP contribution is 2.29. The maximum atomic E-state index is 11.1. The lowest BCUT2D eigenvalue weighted by molar-refractivity contribution is -0.132. The molecular formula is C10H13BrO2. The van der Waals surface area contributed by atoms with Crippen molar-refractivity contribution in [1.82, 2.24) is 0 Å². The first-order valence-corrected chi connectivity index (χ1v) is 5.25. The van der Waals surface area contributed by atoms with Crippen molar-refractivity contribution in [3.05, 3.63) is 21.9 Å². The topological polar surface area (TPSA) is 26.3 Å². The van der Waals surface area contributed by atoms with Crippen LogP contribution in [0.25, 0.3) is 0 Å². The SMILES string of the molecule is CCCC/C=C1\OC(=O)C(Br)=C1C. The van der Waals surface area contributed by atoms with Crippen molar-refractivity contribution in [2.45, 2.75) is 33.1 Å². The summed E-state index contributed by atoms with van der Waals surface area (Å²) in [6.07, 6.45) is 5.23. The molecule has 0 radical (unpaired) electrons. The zero-order valence-corrected chi connectivity index (χ0v) is 9.48. The van der Waals surface area contributed by atoms with Gasteiger partial charge in [0.05, 0.1) is 0 Å². The Labute approximate surface area is 86.8 Å². The molecule has 0 aromatic heterocycles. The number of hydrogen-bond acceptors (Lipinski definition) is 2. The van der Waals surface area contributed by atoms with E-state index in [-0.39, 0.29) is 5.97 Å². The average Bonchev–Trinajstić information content (AvgIpc) is 2.34. The fourth-order valence-electron chi connectivity index (χ4n) is 1.11. The Morgan fingerprint density at radius 1 is 1.54 bits per heavy atom. The van der Waals surface area contributed by atoms with Crippen molar-refractivity contribution in [3.8, 4) is 0 Å². The molecule has 1 heterocycles. The first-order valence-electron chi connectivity index (χ1n) is 4.46. The highest BCUT2D eigenvalue weighted by atomic mass is 79.9. The lowest BCUT2D eigenvalue weighted by Gasteiger charge is -1.97. The number of rotatable bonds is 3. The van der Waals surface area contributed by atoms with Crippen LogP contribution in [-0.2, 0) is 9.53 Å². The monoisotopic (exact) mass is 244 g/mol. The zero-order valence-electron chi connectivity index (χ0n) is 7.89. The van der Waals surface area contributed by atoms with Crippen LogP contribution in [0.2, 0.25) is 0 Å². The van der Waals surface area contributed by atoms with Crippen LogP contribution in [0.3, 0.4) is 0 Å². The van der Waals surface area contributed by atoms with Crippen LogP contribution >= 0.6 is 15.9 Å². The Morgan fingerprint density at radius 3 is 2.69 bits per heavy atom. The normalized spacial score (nSPS) is 19.9. The Kier molecular flexibility index (Phi) is 3.72. The molecule has 13 heavy (non-hydrogen) atoms. The molecule has 0 N–H and O–H groups in total. The second-order valence-corrected chi connectivity index (χ2v) is 3.83. The molecule has 2 nitrogen and oxygen atoms in total. The summed E-state index contributed by atoms with van der Waals surface area (Å²) in [5.41, 5.74) is 0.904. The van der Waals surface area contributed by atoms with Gasteiger partial charge in [-0.2, -0.15) is 0 Å². The highest BCUT2D eigenvalue weighted by molar-refractivity contribution is 9.12. The maximum Gasteiger partial charge on any atom is 0.351 e. The molecule has 0 saturated heterocycles. The molecule has 0 aromatic carbocycles. The first kappa shape index (κ1) is 10.5. The van der Waals surface area contributed by atoms with Crippen molar-refractivity contribution >= 4 is 21.9 Å². The Balaban J connectivity index is 2.64. The lowest BCUT2D eigenvalue weighted by Crippen LogP contribution is -1.93. The van der Waals surface area contributed by atoms with E-state index < -0.39 is 0 Å². The third-order valence-electron chi connectivity index (χ3n) is 1.97. The molecule has 72 valence electrons. The van der Waals surface area contributed by atoms with E-state index in [0.29, 0.717) is 10.2 Å². The number of carbonyl (C=O) groups excluding carboxylic acids is 1. The van der Waals surface area contributed by atoms with E-state index in [1.165, 1.54) is 0 Å². The van der Waals surface area contributed by atoms with E-state index in [0.717, 1.165) is 24.8 Å². The summed E-state index contributed by atoms with van der Waals surface area (Å²) in [7, 11) is 0. The molecule has 0 fully saturated rings. The van der Waals surface area contributed by atoms with Crippen molar-refractivity contribution in [3.63, 3.8) is 0 Å². The minimum atomic E-state index is -0.278. The number of ether oxygens (including phenoxy) is 1. The van der Waals surface area contributed by atoms with Gasteiger partial charge in [-0.1, -0.05) is 13.3 Å². The number of unbranched alkanes of at least 4 members (excludes halogenated alkanes) is 2. The zero-order chi connectivity index (χ0) is 9.84. The van der Waals surface area contributed by atoms with Crippen LogP contribution in [0, 0.1) is 0 Å². The van der Waals surface area contributed by atoms with E-state index >= 15 is 0 Å². The predicted molar refractivity (Wildman–Crippen MR) is 55.3 cm³/mol. The summed E-state index contributed by atoms with van der Waals surface area (Å²) in [4.78, 5) is 11.1. The third kappa shape index (κ3) is 2.44. The molecule has 3 heteroatoms. The Bertz CT molecular complexity index is 277. The van der Waals surface area contributed by atoms with Crippen LogP contribution < -0.4 is 0 Å². The molecule has 0 saturated carbocycles. The van der Waals surface area contributed by atoms with Crippen molar-refractivity contribution in [1.29, 1.82) is 0 Å². The molecule has 0 spiro atoms. The van der Waals surface area contributed by atoms with Gasteiger partial charge < -0.3 is 4.74 Å². The lowest BCUT2D eigenvalue weighted by atomic mass is 10.2. The summed E-state index contributed by atoms with van der Waals surface area (Å²) < 4.78 is 5.58. The molecule has 0 atom stereocenters. The maximum absolute atomic E-state index is 11.1. The highest BCUT2D eigenvalue weighted by Gasteiger charge is 2.24. The number of allylic oxidation sites excluding steroid dienone is 2. The Hall–Kier alpha value is -0.570. The molecule has 1 aliphatic rings. The number of esters is 1. The quantitative estimate of drug-likeness (QED) is 0.563. The summed E-state index contributed by atoms with van der Waals surface area (Å²) in [6, 6.07) is 0. The van der Waals surface area contributed by atoms with E-state index in [2.05, 4.69) is 22.9 Å². The van der Waals surface area contributed by atoms with Gasteiger partial charge in [-0.3, -0.25) is 0 Å². The van der Waals surface area contributed by atoms with Gasteiger partial charge in [0, 0.05) is 5.57 Å². The van der Waals surface area contributed by atoms with Crippen LogP contribution in [-0.4, -0.2) is 5.97 Å². The molecule has 0 unspecified atom stereocenters. The summed E-state index contributed by atoms with van der Waals surface area (Å²) in [5.74, 6) is 0.436. The van der Waals surface area contributed by atoms with Gasteiger partial charge in [-0.05, 0) is 41.8 Å². The summed E-state index contributed by atoms with van der Waals surface area (Å²) >= 11 is 3.18. The van der Waals surface area contributed by atoms with Crippen LogP contribution in [0.15, 0.2) is 21.9 Å². The fraction of sp³-hybridized carbons (Fsp3) is 0.500. The third-order valence-corrected chi connectivity index (χ3v) is 2.89. The van der Waals surface area contributed by atoms with Gasteiger partial charge in [0.2, 0.25) is 0 Å². The van der Waals surface area contributed by atoms with Crippen molar-refractivity contribution in [2.24, 2.45) is 0 Å². The number of cyclic esters (lactones) is 1. The number of halogens is 1. The molecular weight excluding hydrogens is 232 g/mol. The largest absolute Gasteiger partial charge is 0.423 e. The Morgan fingerprint density at radius 2 is 2.23 bits per heavy atom. The molecule has 0 aliphatic carbocycles. The standard InChI is InChI=1S/C10H13BrO2/c1-3-4-5-6-8-7(2)9(11)10(12)13-8/h6H,3-5H2,1-2H3/b8-6-. The van der Waals surface area contributed by atoms with E-state index in [1.807, 2.05) is 13.0 Å². The predicted octanol–water partition coefficient (Wildman–Crippen LogP) is 3.29. The molecule has 1 rings (SSSR count). The summed E-state index contributed by atoms with van der Waals surface area (Å²) in [6.45, 7) is 4.02. The van der Waals surface area contributed by atoms with E-state index in [9.17, 15) is 4.79 Å². The molecule has 0 amide bonds. The smallest absolute Gasteiger partial charge is 0.351 e. The molecule has 0 bridgehead atoms. The second-order valence-electron chi connectivity index (χ2n) is 3.04. The van der Waals surface area contributed by atoms with Gasteiger partial charge in [0.25, 0.3) is 0 Å². The van der Waals surface area contributed by atoms with Gasteiger partial charge in [-0.25, -0.2) is 4.79 Å². The van der Waals surface area contributed by atoms with Crippen LogP contribution in [0.1, 0.15) is 33.1 Å². The van der Waals surface area contributed by atoms with Crippen molar-refractivity contribution < 1.29 is 9.53 Å².